The number of nitrogens with zero attached hydrogens (tertiary/aromatic N) is 6. The van der Waals surface area contributed by atoms with Crippen molar-refractivity contribution in [3.63, 3.8) is 0 Å². The fraction of sp³-hybridized carbons (Fsp3) is 0.545. The number of nitrogens with one attached hydrogen (secondary N) is 2. The van der Waals surface area contributed by atoms with Gasteiger partial charge in [-0.25, -0.2) is 14.4 Å². The first-order valence-electron chi connectivity index (χ1n) is 20.8. The van der Waals surface area contributed by atoms with Gasteiger partial charge in [0.25, 0.3) is 0 Å². The maximum absolute atomic E-state index is 15.8. The second-order valence-corrected chi connectivity index (χ2v) is 17.0. The Kier molecular flexibility index (Phi) is 10.4. The molecule has 3 aliphatic heterocycles. The van der Waals surface area contributed by atoms with Crippen LogP contribution in [0.5, 0.6) is 0 Å². The molecule has 2 atom stereocenters. The lowest BCUT2D eigenvalue weighted by Gasteiger charge is -2.48. The number of fused-ring (bicyclic) bond motifs is 3. The number of hydrogen-bond donors (Lipinski definition) is 3. The second-order valence-electron chi connectivity index (χ2n) is 17.0. The molecule has 1 spiro atoms. The third kappa shape index (κ3) is 6.77. The van der Waals surface area contributed by atoms with E-state index in [-0.39, 0.29) is 35.6 Å². The Morgan fingerprint density at radius 3 is 2.43 bits per heavy atom. The Labute approximate surface area is 329 Å². The highest BCUT2D eigenvalue weighted by Gasteiger charge is 2.55. The van der Waals surface area contributed by atoms with E-state index in [1.165, 1.54) is 25.3 Å². The number of carbonyl (C=O) groups is 2. The summed E-state index contributed by atoms with van der Waals surface area (Å²) < 4.78 is 17.8. The van der Waals surface area contributed by atoms with Gasteiger partial charge in [0.2, 0.25) is 11.8 Å². The highest BCUT2D eigenvalue weighted by molar-refractivity contribution is 6.09. The summed E-state index contributed by atoms with van der Waals surface area (Å²) in [6.45, 7) is 15.0. The van der Waals surface area contributed by atoms with Crippen LogP contribution >= 0.6 is 0 Å². The molecule has 0 bridgehead atoms. The van der Waals surface area contributed by atoms with Crippen molar-refractivity contribution in [2.45, 2.75) is 129 Å². The molecule has 2 amide bonds. The Morgan fingerprint density at radius 1 is 1.02 bits per heavy atom. The zero-order valence-electron chi connectivity index (χ0n) is 33.7. The standard InChI is InChI=1S/C44H57FN8O3/c1-7-28(5)47-42(55)33-23-37(35(45)19-27(33)4)49-41-40-38(46-25-52(40)26(2)3)24-36(48-41)30-11-12-34-39(20-30)53(32-21-31(22-32)51-15-9-8-10-16-51)43(56)44(34)13-17-50(18-14-44)29(6)54/h11-12,19-20,23-26,28,31-32,42,47,55H,7-10,13-18,21-22H2,1-6H3,(H,48,49)/t28-,31-,32+,42?/m0/s1. The largest absolute Gasteiger partial charge is 0.374 e. The molecule has 11 nitrogen and oxygen atoms in total. The second kappa shape index (κ2) is 15.2. The van der Waals surface area contributed by atoms with Crippen LogP contribution in [0.25, 0.3) is 22.3 Å². The number of aliphatic hydroxyl groups excluding tert-OH is 1. The van der Waals surface area contributed by atoms with Crippen LogP contribution in [0.2, 0.25) is 0 Å². The van der Waals surface area contributed by atoms with Gasteiger partial charge in [0.05, 0.1) is 28.6 Å². The molecule has 2 aromatic heterocycles. The third-order valence-electron chi connectivity index (χ3n) is 13.2. The maximum atomic E-state index is 15.8. The minimum absolute atomic E-state index is 0.0487. The lowest BCUT2D eigenvalue weighted by atomic mass is 9.73. The number of anilines is 3. The fourth-order valence-corrected chi connectivity index (χ4v) is 9.52. The Morgan fingerprint density at radius 2 is 1.75 bits per heavy atom. The Hall–Kier alpha value is -4.39. The van der Waals surface area contributed by atoms with Gasteiger partial charge in [-0.1, -0.05) is 25.5 Å². The van der Waals surface area contributed by atoms with Gasteiger partial charge in [-0.3, -0.25) is 14.9 Å². The maximum Gasteiger partial charge on any atom is 0.238 e. The average Bonchev–Trinajstić information content (AvgIpc) is 3.70. The number of halogens is 1. The fourth-order valence-electron chi connectivity index (χ4n) is 9.52. The molecule has 3 N–H and O–H groups in total. The third-order valence-corrected chi connectivity index (χ3v) is 13.2. The van der Waals surface area contributed by atoms with E-state index in [0.717, 1.165) is 54.7 Å². The van der Waals surface area contributed by atoms with Crippen molar-refractivity contribution in [2.75, 3.05) is 36.4 Å². The molecule has 12 heteroatoms. The number of hydrogen-bond acceptors (Lipinski definition) is 8. The molecular weight excluding hydrogens is 708 g/mol. The van der Waals surface area contributed by atoms with Crippen molar-refractivity contribution in [1.82, 2.24) is 29.7 Å². The van der Waals surface area contributed by atoms with E-state index in [1.807, 2.05) is 35.4 Å². The highest BCUT2D eigenvalue weighted by atomic mass is 19.1. The van der Waals surface area contributed by atoms with Gasteiger partial charge in [0.1, 0.15) is 17.6 Å². The van der Waals surface area contributed by atoms with Crippen molar-refractivity contribution in [1.29, 1.82) is 0 Å². The van der Waals surface area contributed by atoms with Crippen molar-refractivity contribution in [2.24, 2.45) is 0 Å². The molecule has 0 radical (unpaired) electrons. The number of rotatable bonds is 10. The molecule has 2 aromatic carbocycles. The molecule has 5 heterocycles. The number of amides is 2. The number of likely N-dealkylation sites (tertiary alicyclic amines) is 2. The van der Waals surface area contributed by atoms with E-state index in [1.54, 1.807) is 26.2 Å². The van der Waals surface area contributed by atoms with Gasteiger partial charge in [0, 0.05) is 61.0 Å². The molecule has 1 unspecified atom stereocenters. The zero-order valence-corrected chi connectivity index (χ0v) is 33.7. The smallest absolute Gasteiger partial charge is 0.238 e. The van der Waals surface area contributed by atoms with E-state index in [2.05, 4.69) is 46.4 Å². The molecule has 4 aromatic rings. The van der Waals surface area contributed by atoms with Crippen LogP contribution in [0.15, 0.2) is 42.7 Å². The first-order valence-corrected chi connectivity index (χ1v) is 20.8. The minimum atomic E-state index is -0.965. The molecule has 1 saturated carbocycles. The van der Waals surface area contributed by atoms with E-state index >= 15 is 4.39 Å². The van der Waals surface area contributed by atoms with Crippen molar-refractivity contribution in [3.8, 4) is 11.3 Å². The Balaban J connectivity index is 1.18. The monoisotopic (exact) mass is 764 g/mol. The van der Waals surface area contributed by atoms with E-state index < -0.39 is 17.5 Å². The van der Waals surface area contributed by atoms with E-state index in [0.29, 0.717) is 60.1 Å². The summed E-state index contributed by atoms with van der Waals surface area (Å²) >= 11 is 0. The molecule has 2 saturated heterocycles. The summed E-state index contributed by atoms with van der Waals surface area (Å²) in [5.74, 6) is 0.209. The first kappa shape index (κ1) is 38.5. The average molecular weight is 765 g/mol. The minimum Gasteiger partial charge on any atom is -0.374 e. The van der Waals surface area contributed by atoms with Crippen LogP contribution in [0.4, 0.5) is 21.6 Å². The van der Waals surface area contributed by atoms with Crippen molar-refractivity contribution >= 4 is 40.0 Å². The van der Waals surface area contributed by atoms with Crippen molar-refractivity contribution in [3.05, 3.63) is 65.2 Å². The summed E-state index contributed by atoms with van der Waals surface area (Å²) in [7, 11) is 0. The van der Waals surface area contributed by atoms with Gasteiger partial charge >= 0.3 is 0 Å². The van der Waals surface area contributed by atoms with Crippen LogP contribution < -0.4 is 15.5 Å². The number of benzene rings is 2. The van der Waals surface area contributed by atoms with Gasteiger partial charge < -0.3 is 29.7 Å². The zero-order chi connectivity index (χ0) is 39.5. The molecule has 4 aliphatic rings. The molecule has 3 fully saturated rings. The topological polar surface area (TPSA) is 119 Å². The Bertz CT molecular complexity index is 2130. The first-order chi connectivity index (χ1) is 26.9. The van der Waals surface area contributed by atoms with Gasteiger partial charge in [-0.15, -0.1) is 0 Å². The molecule has 1 aliphatic carbocycles. The van der Waals surface area contributed by atoms with E-state index in [9.17, 15) is 14.7 Å². The summed E-state index contributed by atoms with van der Waals surface area (Å²) in [5.41, 5.74) is 5.71. The molecule has 8 rings (SSSR count). The predicted octanol–water partition coefficient (Wildman–Crippen LogP) is 7.49. The number of piperidine rings is 2. The van der Waals surface area contributed by atoms with Crippen LogP contribution in [0, 0.1) is 12.7 Å². The number of imidazole rings is 1. The van der Waals surface area contributed by atoms with Crippen LogP contribution in [-0.4, -0.2) is 85.6 Å². The lowest BCUT2D eigenvalue weighted by molar-refractivity contribution is -0.134. The molecular formula is C44H57FN8O3. The van der Waals surface area contributed by atoms with Gasteiger partial charge in [-0.05, 0) is 121 Å². The molecule has 56 heavy (non-hydrogen) atoms. The number of pyridine rings is 1. The number of aliphatic hydroxyl groups is 1. The van der Waals surface area contributed by atoms with Crippen LogP contribution in [0.3, 0.4) is 0 Å². The van der Waals surface area contributed by atoms with Gasteiger partial charge in [0.15, 0.2) is 5.82 Å². The summed E-state index contributed by atoms with van der Waals surface area (Å²) in [5, 5.41) is 17.6. The summed E-state index contributed by atoms with van der Waals surface area (Å²) in [6, 6.07) is 12.1. The normalized spacial score (nSPS) is 22.1. The predicted molar refractivity (Wildman–Crippen MR) is 219 cm³/mol. The number of aryl methyl sites for hydroxylation is 1. The molecule has 298 valence electrons. The van der Waals surface area contributed by atoms with Crippen LogP contribution in [0.1, 0.15) is 115 Å². The summed E-state index contributed by atoms with van der Waals surface area (Å²) in [4.78, 5) is 43.6. The number of aromatic nitrogens is 3. The quantitative estimate of drug-likeness (QED) is 0.142. The van der Waals surface area contributed by atoms with Gasteiger partial charge in [-0.2, -0.15) is 0 Å². The SMILES string of the molecule is CC[C@H](C)NC(O)c1cc(Nc2nc(-c3ccc4c(c3)N([C@H]3C[C@@H](N5CCCCC5)C3)C(=O)C43CCN(C(C)=O)CC3)cc3ncn(C(C)C)c23)c(F)cc1C. The van der Waals surface area contributed by atoms with E-state index in [4.69, 9.17) is 9.97 Å². The lowest BCUT2D eigenvalue weighted by Crippen LogP contribution is -2.58. The van der Waals surface area contributed by atoms with Crippen molar-refractivity contribution < 1.29 is 19.1 Å². The number of carbonyl (C=O) groups excluding carboxylic acids is 2. The van der Waals surface area contributed by atoms with Crippen LogP contribution in [-0.2, 0) is 15.0 Å². The highest BCUT2D eigenvalue weighted by Crippen LogP contribution is 2.52. The summed E-state index contributed by atoms with van der Waals surface area (Å²) in [6.07, 6.45) is 8.57.